The molecule has 0 radical (unpaired) electrons. The van der Waals surface area contributed by atoms with Gasteiger partial charge >= 0.3 is 0 Å². The summed E-state index contributed by atoms with van der Waals surface area (Å²) in [7, 11) is 2.11. The Labute approximate surface area is 127 Å². The van der Waals surface area contributed by atoms with Crippen LogP contribution in [0.25, 0.3) is 0 Å². The van der Waals surface area contributed by atoms with Crippen molar-refractivity contribution in [2.24, 2.45) is 5.73 Å². The van der Waals surface area contributed by atoms with Crippen molar-refractivity contribution in [2.75, 3.05) is 24.0 Å². The van der Waals surface area contributed by atoms with Crippen molar-refractivity contribution in [3.63, 3.8) is 0 Å². The minimum atomic E-state index is 0.442. The van der Waals surface area contributed by atoms with Gasteiger partial charge in [0.1, 0.15) is 4.99 Å². The Kier molecular flexibility index (Phi) is 6.46. The van der Waals surface area contributed by atoms with Crippen molar-refractivity contribution in [3.05, 3.63) is 28.2 Å². The normalized spacial score (nSPS) is 12.2. The number of nitrogens with zero attached hydrogens (tertiary/aromatic N) is 1. The van der Waals surface area contributed by atoms with Crippen LogP contribution in [0.1, 0.15) is 18.9 Å². The van der Waals surface area contributed by atoms with Crippen LogP contribution in [0.5, 0.6) is 0 Å². The first kappa shape index (κ1) is 15.8. The summed E-state index contributed by atoms with van der Waals surface area (Å²) in [5.41, 5.74) is 7.85. The third kappa shape index (κ3) is 3.87. The Morgan fingerprint density at radius 1 is 1.56 bits per heavy atom. The molecule has 5 heteroatoms. The zero-order valence-corrected chi connectivity index (χ0v) is 14.2. The lowest BCUT2D eigenvalue weighted by atomic mass is 10.1. The van der Waals surface area contributed by atoms with E-state index < -0.39 is 0 Å². The molecular weight excluding hydrogens is 328 g/mol. The number of anilines is 1. The van der Waals surface area contributed by atoms with Gasteiger partial charge in [0, 0.05) is 34.6 Å². The molecule has 0 fully saturated rings. The van der Waals surface area contributed by atoms with E-state index in [0.717, 1.165) is 27.9 Å². The largest absolute Gasteiger partial charge is 0.389 e. The van der Waals surface area contributed by atoms with Crippen LogP contribution in [-0.4, -0.2) is 30.1 Å². The fourth-order valence-corrected chi connectivity index (χ4v) is 3.27. The summed E-state index contributed by atoms with van der Waals surface area (Å²) in [6.07, 6.45) is 3.23. The van der Waals surface area contributed by atoms with E-state index in [1.165, 1.54) is 0 Å². The van der Waals surface area contributed by atoms with Gasteiger partial charge in [0.15, 0.2) is 0 Å². The lowest BCUT2D eigenvalue weighted by molar-refractivity contribution is 0.673. The van der Waals surface area contributed by atoms with Crippen molar-refractivity contribution < 1.29 is 0 Å². The molecule has 1 rings (SSSR count). The van der Waals surface area contributed by atoms with Crippen molar-refractivity contribution in [1.29, 1.82) is 0 Å². The molecule has 2 nitrogen and oxygen atoms in total. The molecule has 0 aromatic heterocycles. The Balaban J connectivity index is 3.11. The second-order valence-electron chi connectivity index (χ2n) is 4.15. The van der Waals surface area contributed by atoms with Crippen LogP contribution in [0, 0.1) is 0 Å². The highest BCUT2D eigenvalue weighted by atomic mass is 79.9. The molecule has 1 aromatic rings. The predicted molar refractivity (Wildman–Crippen MR) is 90.9 cm³/mol. The first-order valence-corrected chi connectivity index (χ1v) is 8.41. The van der Waals surface area contributed by atoms with Gasteiger partial charge in [-0.15, -0.1) is 0 Å². The fourth-order valence-electron chi connectivity index (χ4n) is 1.91. The second kappa shape index (κ2) is 7.36. The van der Waals surface area contributed by atoms with Crippen molar-refractivity contribution >= 4 is 50.6 Å². The Morgan fingerprint density at radius 3 is 2.72 bits per heavy atom. The van der Waals surface area contributed by atoms with Crippen LogP contribution in [0.2, 0.25) is 0 Å². The standard InChI is InChI=1S/C13H19BrN2S2/c1-4-10(8-18-3)16(2)12-6-5-9(14)7-11(12)13(15)17/h5-7,10H,4,8H2,1-3H3,(H2,15,17). The van der Waals surface area contributed by atoms with Crippen molar-refractivity contribution in [1.82, 2.24) is 0 Å². The SMILES string of the molecule is CCC(CSC)N(C)c1ccc(Br)cc1C(N)=S. The maximum absolute atomic E-state index is 5.82. The van der Waals surface area contributed by atoms with E-state index in [9.17, 15) is 0 Å². The van der Waals surface area contributed by atoms with Gasteiger partial charge in [0.2, 0.25) is 0 Å². The van der Waals surface area contributed by atoms with Gasteiger partial charge in [0.25, 0.3) is 0 Å². The van der Waals surface area contributed by atoms with E-state index in [0.29, 0.717) is 11.0 Å². The van der Waals surface area contributed by atoms with Gasteiger partial charge in [-0.1, -0.05) is 35.1 Å². The second-order valence-corrected chi connectivity index (χ2v) is 6.42. The molecule has 2 N–H and O–H groups in total. The molecule has 0 saturated heterocycles. The number of hydrogen-bond acceptors (Lipinski definition) is 3. The molecule has 0 bridgehead atoms. The van der Waals surface area contributed by atoms with E-state index >= 15 is 0 Å². The quantitative estimate of drug-likeness (QED) is 0.796. The smallest absolute Gasteiger partial charge is 0.106 e. The number of hydrogen-bond donors (Lipinski definition) is 1. The van der Waals surface area contributed by atoms with Crippen LogP contribution >= 0.6 is 39.9 Å². The average Bonchev–Trinajstić information content (AvgIpc) is 2.35. The number of nitrogens with two attached hydrogens (primary N) is 1. The monoisotopic (exact) mass is 346 g/mol. The molecule has 0 aliphatic carbocycles. The maximum atomic E-state index is 5.82. The lowest BCUT2D eigenvalue weighted by Crippen LogP contribution is -2.34. The van der Waals surface area contributed by atoms with Crippen molar-refractivity contribution in [2.45, 2.75) is 19.4 Å². The molecule has 0 spiro atoms. The van der Waals surface area contributed by atoms with Gasteiger partial charge in [-0.25, -0.2) is 0 Å². The summed E-state index contributed by atoms with van der Waals surface area (Å²) >= 11 is 10.5. The molecular formula is C13H19BrN2S2. The van der Waals surface area contributed by atoms with Gasteiger partial charge < -0.3 is 10.6 Å². The van der Waals surface area contributed by atoms with Gasteiger partial charge in [0.05, 0.1) is 0 Å². The molecule has 0 aliphatic heterocycles. The average molecular weight is 347 g/mol. The molecule has 1 unspecified atom stereocenters. The molecule has 18 heavy (non-hydrogen) atoms. The molecule has 0 saturated carbocycles. The zero-order valence-electron chi connectivity index (χ0n) is 10.9. The summed E-state index contributed by atoms with van der Waals surface area (Å²) in [6.45, 7) is 2.21. The fraction of sp³-hybridized carbons (Fsp3) is 0.462. The first-order valence-electron chi connectivity index (χ1n) is 5.82. The summed E-state index contributed by atoms with van der Waals surface area (Å²) in [5.74, 6) is 1.10. The Bertz CT molecular complexity index is 423. The van der Waals surface area contributed by atoms with E-state index in [2.05, 4.69) is 47.1 Å². The maximum Gasteiger partial charge on any atom is 0.106 e. The highest BCUT2D eigenvalue weighted by Gasteiger charge is 2.17. The first-order chi connectivity index (χ1) is 8.51. The number of thiocarbonyl (C=S) groups is 1. The van der Waals surface area contributed by atoms with E-state index in [4.69, 9.17) is 18.0 Å². The highest BCUT2D eigenvalue weighted by Crippen LogP contribution is 2.26. The Morgan fingerprint density at radius 2 is 2.22 bits per heavy atom. The molecule has 0 heterocycles. The molecule has 0 amide bonds. The summed E-state index contributed by atoms with van der Waals surface area (Å²) < 4.78 is 1.00. The van der Waals surface area contributed by atoms with Crippen LogP contribution in [0.15, 0.2) is 22.7 Å². The minimum absolute atomic E-state index is 0.442. The van der Waals surface area contributed by atoms with Crippen LogP contribution < -0.4 is 10.6 Å². The molecule has 1 atom stereocenters. The lowest BCUT2D eigenvalue weighted by Gasteiger charge is -2.30. The minimum Gasteiger partial charge on any atom is -0.389 e. The number of benzene rings is 1. The molecule has 1 aromatic carbocycles. The van der Waals surface area contributed by atoms with Crippen LogP contribution in [0.4, 0.5) is 5.69 Å². The van der Waals surface area contributed by atoms with Gasteiger partial charge in [-0.3, -0.25) is 0 Å². The summed E-state index contributed by atoms with van der Waals surface area (Å²) in [4.78, 5) is 2.72. The third-order valence-corrected chi connectivity index (χ3v) is 4.41. The topological polar surface area (TPSA) is 29.3 Å². The number of halogens is 1. The van der Waals surface area contributed by atoms with Gasteiger partial charge in [-0.2, -0.15) is 11.8 Å². The predicted octanol–water partition coefficient (Wildman–Crippen LogP) is 3.66. The van der Waals surface area contributed by atoms with Crippen molar-refractivity contribution in [3.8, 4) is 0 Å². The zero-order chi connectivity index (χ0) is 13.7. The van der Waals surface area contributed by atoms with Crippen LogP contribution in [0.3, 0.4) is 0 Å². The number of rotatable bonds is 6. The third-order valence-electron chi connectivity index (χ3n) is 2.98. The Hall–Kier alpha value is -0.260. The van der Waals surface area contributed by atoms with E-state index in [1.54, 1.807) is 0 Å². The van der Waals surface area contributed by atoms with Gasteiger partial charge in [-0.05, 0) is 30.9 Å². The molecule has 0 aliphatic rings. The molecule has 100 valence electrons. The number of thioether (sulfide) groups is 1. The summed E-state index contributed by atoms with van der Waals surface area (Å²) in [6, 6.07) is 6.58. The highest BCUT2D eigenvalue weighted by molar-refractivity contribution is 9.10. The van der Waals surface area contributed by atoms with Crippen LogP contribution in [-0.2, 0) is 0 Å². The summed E-state index contributed by atoms with van der Waals surface area (Å²) in [5, 5.41) is 0. The van der Waals surface area contributed by atoms with E-state index in [-0.39, 0.29) is 0 Å². The van der Waals surface area contributed by atoms with E-state index in [1.807, 2.05) is 23.9 Å².